The molecular formula is C76H69N3O2. The van der Waals surface area contributed by atoms with Crippen LogP contribution in [0.1, 0.15) is 103 Å². The van der Waals surface area contributed by atoms with Gasteiger partial charge in [-0.15, -0.1) is 0 Å². The summed E-state index contributed by atoms with van der Waals surface area (Å²) >= 11 is 0. The maximum Gasteiger partial charge on any atom is 0.164 e. The number of hydrogen-bond acceptors (Lipinski definition) is 4. The summed E-state index contributed by atoms with van der Waals surface area (Å²) in [6.07, 6.45) is 0. The van der Waals surface area contributed by atoms with Gasteiger partial charge in [-0.1, -0.05) is 221 Å². The van der Waals surface area contributed by atoms with Crippen molar-refractivity contribution in [1.82, 2.24) is 14.5 Å². The first-order valence-corrected chi connectivity index (χ1v) is 28.5. The molecule has 1 aliphatic carbocycles. The topological polar surface area (TPSA) is 64.1 Å². The Morgan fingerprint density at radius 1 is 0.444 bits per heavy atom. The third-order valence-electron chi connectivity index (χ3n) is 18.1. The second kappa shape index (κ2) is 18.6. The maximum absolute atomic E-state index is 11.8. The molecule has 0 saturated carbocycles. The molecule has 0 saturated heterocycles. The second-order valence-corrected chi connectivity index (χ2v) is 25.7. The van der Waals surface area contributed by atoms with Crippen LogP contribution in [0.25, 0.3) is 117 Å². The second-order valence-electron chi connectivity index (χ2n) is 25.7. The van der Waals surface area contributed by atoms with Crippen molar-refractivity contribution in [3.8, 4) is 89.8 Å². The molecule has 0 fully saturated rings. The Kier molecular flexibility index (Phi) is 11.9. The van der Waals surface area contributed by atoms with Gasteiger partial charge in [-0.05, 0) is 156 Å². The quantitative estimate of drug-likeness (QED) is 0.173. The number of aromatic hydroxyl groups is 1. The summed E-state index contributed by atoms with van der Waals surface area (Å²) in [6.45, 7) is 27.3. The van der Waals surface area contributed by atoms with E-state index in [2.05, 4.69) is 264 Å². The Balaban J connectivity index is 1.19. The Morgan fingerprint density at radius 2 is 1.07 bits per heavy atom. The van der Waals surface area contributed by atoms with Gasteiger partial charge in [0.25, 0.3) is 0 Å². The fourth-order valence-electron chi connectivity index (χ4n) is 12.8. The summed E-state index contributed by atoms with van der Waals surface area (Å²) in [5.41, 5.74) is 24.0. The first kappa shape index (κ1) is 51.6. The first-order chi connectivity index (χ1) is 38.7. The number of phenols is 1. The van der Waals surface area contributed by atoms with Gasteiger partial charge in [0.05, 0.1) is 22.4 Å². The van der Waals surface area contributed by atoms with Crippen LogP contribution in [-0.4, -0.2) is 19.6 Å². The molecule has 5 nitrogen and oxygen atoms in total. The number of aryl methyl sites for hydroxylation is 2. The molecule has 1 aliphatic rings. The van der Waals surface area contributed by atoms with Crippen molar-refractivity contribution in [3.05, 3.63) is 228 Å². The molecule has 1 N–H and O–H groups in total. The van der Waals surface area contributed by atoms with Crippen LogP contribution in [0.4, 0.5) is 0 Å². The number of para-hydroxylation sites is 2. The number of pyridine rings is 1. The summed E-state index contributed by atoms with van der Waals surface area (Å²) in [4.78, 5) is 11.7. The highest BCUT2D eigenvalue weighted by molar-refractivity contribution is 6.12. The fourth-order valence-corrected chi connectivity index (χ4v) is 12.8. The lowest BCUT2D eigenvalue weighted by atomic mass is 9.56. The van der Waals surface area contributed by atoms with E-state index in [1.54, 1.807) is 6.07 Å². The van der Waals surface area contributed by atoms with Crippen molar-refractivity contribution in [3.63, 3.8) is 0 Å². The van der Waals surface area contributed by atoms with Crippen molar-refractivity contribution >= 4 is 33.0 Å². The van der Waals surface area contributed by atoms with E-state index < -0.39 is 0 Å². The highest BCUT2D eigenvalue weighted by Gasteiger charge is 2.47. The smallest absolute Gasteiger partial charge is 0.164 e. The summed E-state index contributed by atoms with van der Waals surface area (Å²) in [5.74, 6) is 0.945. The average molecular weight is 1060 g/mol. The molecule has 0 amide bonds. The minimum absolute atomic E-state index is 0.0826. The summed E-state index contributed by atoms with van der Waals surface area (Å²) < 4.78 is 8.89. The molecule has 0 atom stereocenters. The normalized spacial score (nSPS) is 13.9. The SMILES string of the molecule is Cc1cccc(C)c1-n1c(-c2ccc3c(n2)-c2c(O)cccc2C(C)(C)C3(C)C)nc2c(-c3ccc4oc5ccccc5c4c3)c(-c3c(-c4cccc(C(C)(C)C)c4)cccc3-c3cc(-c4ccccc4)cc(C(C)(C)C)c3)ccc21. The van der Waals surface area contributed by atoms with E-state index in [-0.39, 0.29) is 27.4 Å². The zero-order valence-corrected chi connectivity index (χ0v) is 48.7. The summed E-state index contributed by atoms with van der Waals surface area (Å²) in [5, 5.41) is 13.9. The molecule has 0 unspecified atom stereocenters. The molecular weight excluding hydrogens is 987 g/mol. The molecule has 3 aromatic heterocycles. The number of fused-ring (bicyclic) bond motifs is 7. The van der Waals surface area contributed by atoms with E-state index >= 15 is 0 Å². The Hall–Kier alpha value is -8.80. The zero-order valence-electron chi connectivity index (χ0n) is 48.7. The van der Waals surface area contributed by atoms with E-state index in [0.29, 0.717) is 5.69 Å². The number of aromatic nitrogens is 3. The summed E-state index contributed by atoms with van der Waals surface area (Å²) in [7, 11) is 0. The van der Waals surface area contributed by atoms with E-state index in [4.69, 9.17) is 14.4 Å². The number of imidazole rings is 1. The Morgan fingerprint density at radius 3 is 1.83 bits per heavy atom. The predicted molar refractivity (Wildman–Crippen MR) is 339 cm³/mol. The highest BCUT2D eigenvalue weighted by Crippen LogP contribution is 2.56. The molecule has 0 aliphatic heterocycles. The van der Waals surface area contributed by atoms with Crippen LogP contribution in [0, 0.1) is 13.8 Å². The minimum Gasteiger partial charge on any atom is -0.507 e. The fraction of sp³-hybridized carbons (Fsp3) is 0.211. The van der Waals surface area contributed by atoms with Crippen LogP contribution >= 0.6 is 0 Å². The standard InChI is InChI=1S/C76H69N3O2/c1-45-22-18-23-46(2)71(45)79-62-38-35-57(67-54(48-26-19-27-52(41-48)73(3,4)5)29-20-30-55(67)51-40-50(47-24-14-13-15-25-47)42-53(43-51)74(6,7)8)66(49-34-39-65-58(44-49)56-28-16-17-33-64(56)81-65)70(62)78-72(79)61-37-36-60-69(77-61)68-59(31-21-32-63(68)80)75(9,10)76(60,11)12/h13-44,80H,1-12H3. The first-order valence-electron chi connectivity index (χ1n) is 28.5. The lowest BCUT2D eigenvalue weighted by Gasteiger charge is -2.47. The number of phenolic OH excluding ortho intramolecular Hbond substituents is 1. The van der Waals surface area contributed by atoms with Crippen LogP contribution in [0.5, 0.6) is 5.75 Å². The number of benzene rings is 9. The number of hydrogen-bond donors (Lipinski definition) is 1. The van der Waals surface area contributed by atoms with Gasteiger partial charge < -0.3 is 9.52 Å². The van der Waals surface area contributed by atoms with Gasteiger partial charge in [-0.25, -0.2) is 9.97 Å². The van der Waals surface area contributed by atoms with Crippen LogP contribution in [0.3, 0.4) is 0 Å². The Bertz CT molecular complexity index is 4490. The van der Waals surface area contributed by atoms with E-state index in [0.717, 1.165) is 123 Å². The molecule has 400 valence electrons. The average Bonchev–Trinajstić information content (AvgIpc) is 4.22. The van der Waals surface area contributed by atoms with Crippen molar-refractivity contribution in [2.75, 3.05) is 0 Å². The molecule has 13 rings (SSSR count). The highest BCUT2D eigenvalue weighted by atomic mass is 16.3. The van der Waals surface area contributed by atoms with Gasteiger partial charge in [-0.3, -0.25) is 4.57 Å². The molecule has 9 aromatic carbocycles. The third-order valence-corrected chi connectivity index (χ3v) is 18.1. The lowest BCUT2D eigenvalue weighted by Crippen LogP contribution is -2.43. The van der Waals surface area contributed by atoms with Crippen molar-refractivity contribution < 1.29 is 9.52 Å². The monoisotopic (exact) mass is 1060 g/mol. The molecule has 0 bridgehead atoms. The van der Waals surface area contributed by atoms with Crippen LogP contribution in [0.2, 0.25) is 0 Å². The van der Waals surface area contributed by atoms with Crippen LogP contribution in [0.15, 0.2) is 199 Å². The van der Waals surface area contributed by atoms with E-state index in [1.165, 1.54) is 22.3 Å². The van der Waals surface area contributed by atoms with Gasteiger partial charge in [0, 0.05) is 27.3 Å². The number of rotatable bonds is 7. The van der Waals surface area contributed by atoms with Gasteiger partial charge in [0.15, 0.2) is 5.82 Å². The van der Waals surface area contributed by atoms with Gasteiger partial charge in [-0.2, -0.15) is 0 Å². The van der Waals surface area contributed by atoms with E-state index in [9.17, 15) is 5.11 Å². The van der Waals surface area contributed by atoms with Crippen LogP contribution < -0.4 is 0 Å². The van der Waals surface area contributed by atoms with E-state index in [1.807, 2.05) is 12.1 Å². The zero-order chi connectivity index (χ0) is 56.5. The number of nitrogens with zero attached hydrogens (tertiary/aromatic N) is 3. The molecule has 0 radical (unpaired) electrons. The molecule has 81 heavy (non-hydrogen) atoms. The summed E-state index contributed by atoms with van der Waals surface area (Å²) in [6, 6.07) is 70.4. The predicted octanol–water partition coefficient (Wildman–Crippen LogP) is 20.5. The minimum atomic E-state index is -0.314. The maximum atomic E-state index is 11.8. The lowest BCUT2D eigenvalue weighted by molar-refractivity contribution is 0.296. The van der Waals surface area contributed by atoms with Crippen molar-refractivity contribution in [2.45, 2.75) is 105 Å². The third kappa shape index (κ3) is 8.34. The Labute approximate surface area is 476 Å². The van der Waals surface area contributed by atoms with Gasteiger partial charge >= 0.3 is 0 Å². The van der Waals surface area contributed by atoms with Gasteiger partial charge in [0.2, 0.25) is 0 Å². The molecule has 3 heterocycles. The van der Waals surface area contributed by atoms with Crippen molar-refractivity contribution in [1.29, 1.82) is 0 Å². The van der Waals surface area contributed by atoms with Crippen LogP contribution in [-0.2, 0) is 21.7 Å². The number of furan rings is 1. The van der Waals surface area contributed by atoms with Gasteiger partial charge in [0.1, 0.15) is 22.6 Å². The molecule has 5 heteroatoms. The molecule has 0 spiro atoms. The largest absolute Gasteiger partial charge is 0.507 e. The molecule has 12 aromatic rings. The van der Waals surface area contributed by atoms with Crippen molar-refractivity contribution in [2.24, 2.45) is 0 Å².